The van der Waals surface area contributed by atoms with Crippen LogP contribution in [0.15, 0.2) is 47.6 Å². The van der Waals surface area contributed by atoms with Gasteiger partial charge in [-0.3, -0.25) is 0 Å². The summed E-state index contributed by atoms with van der Waals surface area (Å²) >= 11 is 12.2. The Morgan fingerprint density at radius 2 is 1.76 bits per heavy atom. The molecule has 0 saturated carbocycles. The van der Waals surface area contributed by atoms with Gasteiger partial charge < -0.3 is 10.2 Å². The van der Waals surface area contributed by atoms with Crippen LogP contribution in [0.2, 0.25) is 10.0 Å². The average molecular weight is 323 g/mol. The summed E-state index contributed by atoms with van der Waals surface area (Å²) in [5, 5.41) is 5.42. The molecular formula is C16H16Cl2N2O. The summed E-state index contributed by atoms with van der Waals surface area (Å²) in [6.07, 6.45) is 1.74. The molecule has 2 aromatic carbocycles. The summed E-state index contributed by atoms with van der Waals surface area (Å²) in [4.78, 5) is 0. The molecule has 0 aliphatic carbocycles. The molecule has 0 aliphatic rings. The number of ether oxygens (including phenoxy) is 1. The van der Waals surface area contributed by atoms with E-state index in [-0.39, 0.29) is 0 Å². The molecule has 0 spiro atoms. The Hall–Kier alpha value is -1.71. The summed E-state index contributed by atoms with van der Waals surface area (Å²) in [7, 11) is 0. The van der Waals surface area contributed by atoms with Gasteiger partial charge in [0.05, 0.1) is 19.4 Å². The SMILES string of the molecule is CCOc1ccc(/C=N/NCc2c(Cl)cccc2Cl)cc1. The van der Waals surface area contributed by atoms with E-state index < -0.39 is 0 Å². The van der Waals surface area contributed by atoms with E-state index in [1.165, 1.54) is 0 Å². The topological polar surface area (TPSA) is 33.6 Å². The third kappa shape index (κ3) is 4.66. The lowest BCUT2D eigenvalue weighted by Crippen LogP contribution is -2.06. The number of halogens is 2. The Balaban J connectivity index is 1.90. The molecule has 0 saturated heterocycles. The highest BCUT2D eigenvalue weighted by Gasteiger charge is 2.03. The van der Waals surface area contributed by atoms with Gasteiger partial charge in [-0.05, 0) is 48.9 Å². The van der Waals surface area contributed by atoms with E-state index in [1.807, 2.05) is 37.3 Å². The lowest BCUT2D eigenvalue weighted by Gasteiger charge is -2.06. The Morgan fingerprint density at radius 1 is 1.10 bits per heavy atom. The number of rotatable bonds is 6. The fourth-order valence-electron chi connectivity index (χ4n) is 1.76. The molecule has 3 nitrogen and oxygen atoms in total. The summed E-state index contributed by atoms with van der Waals surface area (Å²) in [5.41, 5.74) is 4.76. The first-order valence-electron chi connectivity index (χ1n) is 6.62. The molecule has 0 bridgehead atoms. The van der Waals surface area contributed by atoms with Gasteiger partial charge in [0.1, 0.15) is 5.75 Å². The van der Waals surface area contributed by atoms with Crippen LogP contribution in [0.25, 0.3) is 0 Å². The number of benzene rings is 2. The van der Waals surface area contributed by atoms with Crippen LogP contribution in [0.5, 0.6) is 5.75 Å². The zero-order chi connectivity index (χ0) is 15.1. The van der Waals surface area contributed by atoms with Crippen molar-refractivity contribution in [1.29, 1.82) is 0 Å². The predicted octanol–water partition coefficient (Wildman–Crippen LogP) is 4.52. The van der Waals surface area contributed by atoms with E-state index in [0.29, 0.717) is 23.2 Å². The van der Waals surface area contributed by atoms with E-state index >= 15 is 0 Å². The normalized spacial score (nSPS) is 10.8. The Morgan fingerprint density at radius 3 is 2.38 bits per heavy atom. The molecule has 0 aromatic heterocycles. The maximum Gasteiger partial charge on any atom is 0.119 e. The lowest BCUT2D eigenvalue weighted by atomic mass is 10.2. The minimum atomic E-state index is 0.478. The van der Waals surface area contributed by atoms with E-state index in [4.69, 9.17) is 27.9 Å². The maximum atomic E-state index is 6.08. The van der Waals surface area contributed by atoms with Gasteiger partial charge in [0.25, 0.3) is 0 Å². The van der Waals surface area contributed by atoms with Gasteiger partial charge in [0.2, 0.25) is 0 Å². The molecule has 0 fully saturated rings. The van der Waals surface area contributed by atoms with Crippen molar-refractivity contribution >= 4 is 29.4 Å². The molecule has 0 radical (unpaired) electrons. The van der Waals surface area contributed by atoms with Crippen molar-refractivity contribution < 1.29 is 4.74 Å². The summed E-state index contributed by atoms with van der Waals surface area (Å²) in [6, 6.07) is 13.1. The van der Waals surface area contributed by atoms with Crippen LogP contribution in [0.3, 0.4) is 0 Å². The van der Waals surface area contributed by atoms with E-state index in [2.05, 4.69) is 10.5 Å². The van der Waals surface area contributed by atoms with Crippen molar-refractivity contribution in [3.05, 3.63) is 63.6 Å². The van der Waals surface area contributed by atoms with Gasteiger partial charge in [-0.2, -0.15) is 5.10 Å². The average Bonchev–Trinajstić information content (AvgIpc) is 2.48. The molecule has 110 valence electrons. The number of nitrogens with one attached hydrogen (secondary N) is 1. The molecule has 0 amide bonds. The van der Waals surface area contributed by atoms with Gasteiger partial charge >= 0.3 is 0 Å². The third-order valence-corrected chi connectivity index (χ3v) is 3.52. The van der Waals surface area contributed by atoms with Crippen LogP contribution < -0.4 is 10.2 Å². The van der Waals surface area contributed by atoms with Crippen LogP contribution in [-0.4, -0.2) is 12.8 Å². The standard InChI is InChI=1S/C16H16Cl2N2O/c1-2-21-13-8-6-12(7-9-13)10-19-20-11-14-15(17)4-3-5-16(14)18/h3-10,20H,2,11H2,1H3/b19-10+. The van der Waals surface area contributed by atoms with Gasteiger partial charge in [-0.1, -0.05) is 29.3 Å². The smallest absolute Gasteiger partial charge is 0.119 e. The minimum absolute atomic E-state index is 0.478. The van der Waals surface area contributed by atoms with Crippen LogP contribution >= 0.6 is 23.2 Å². The number of hydrogen-bond acceptors (Lipinski definition) is 3. The zero-order valence-corrected chi connectivity index (χ0v) is 13.2. The quantitative estimate of drug-likeness (QED) is 0.626. The van der Waals surface area contributed by atoms with Crippen molar-refractivity contribution in [3.8, 4) is 5.75 Å². The molecule has 21 heavy (non-hydrogen) atoms. The number of hydrogen-bond donors (Lipinski definition) is 1. The second-order valence-electron chi connectivity index (χ2n) is 4.30. The predicted molar refractivity (Wildman–Crippen MR) is 88.5 cm³/mol. The van der Waals surface area contributed by atoms with Crippen molar-refractivity contribution in [2.75, 3.05) is 6.61 Å². The van der Waals surface area contributed by atoms with Gasteiger partial charge in [-0.15, -0.1) is 0 Å². The van der Waals surface area contributed by atoms with Crippen LogP contribution in [0.1, 0.15) is 18.1 Å². The summed E-state index contributed by atoms with van der Waals surface area (Å²) < 4.78 is 5.38. The molecule has 5 heteroatoms. The highest BCUT2D eigenvalue weighted by molar-refractivity contribution is 6.35. The first-order valence-corrected chi connectivity index (χ1v) is 7.38. The van der Waals surface area contributed by atoms with Crippen LogP contribution in [0, 0.1) is 0 Å². The van der Waals surface area contributed by atoms with Crippen molar-refractivity contribution in [2.45, 2.75) is 13.5 Å². The first kappa shape index (κ1) is 15.7. The zero-order valence-electron chi connectivity index (χ0n) is 11.6. The van der Waals surface area contributed by atoms with Crippen molar-refractivity contribution in [1.82, 2.24) is 5.43 Å². The Labute approximate surface area is 134 Å². The molecule has 0 unspecified atom stereocenters. The second-order valence-corrected chi connectivity index (χ2v) is 5.11. The largest absolute Gasteiger partial charge is 0.494 e. The first-order chi connectivity index (χ1) is 10.2. The fraction of sp³-hybridized carbons (Fsp3) is 0.188. The van der Waals surface area contributed by atoms with Crippen LogP contribution in [-0.2, 0) is 6.54 Å². The second kappa shape index (κ2) is 7.91. The third-order valence-electron chi connectivity index (χ3n) is 2.81. The van der Waals surface area contributed by atoms with Gasteiger partial charge in [-0.25, -0.2) is 0 Å². The van der Waals surface area contributed by atoms with E-state index in [9.17, 15) is 0 Å². The monoisotopic (exact) mass is 322 g/mol. The minimum Gasteiger partial charge on any atom is -0.494 e. The fourth-order valence-corrected chi connectivity index (χ4v) is 2.29. The number of hydrazone groups is 1. The van der Waals surface area contributed by atoms with E-state index in [1.54, 1.807) is 18.3 Å². The molecule has 2 aromatic rings. The van der Waals surface area contributed by atoms with Gasteiger partial charge in [0, 0.05) is 15.6 Å². The molecule has 1 N–H and O–H groups in total. The molecule has 0 heterocycles. The van der Waals surface area contributed by atoms with Crippen molar-refractivity contribution in [3.63, 3.8) is 0 Å². The van der Waals surface area contributed by atoms with E-state index in [0.717, 1.165) is 16.9 Å². The summed E-state index contributed by atoms with van der Waals surface area (Å²) in [6.45, 7) is 3.10. The van der Waals surface area contributed by atoms with Crippen LogP contribution in [0.4, 0.5) is 0 Å². The number of nitrogens with zero attached hydrogens (tertiary/aromatic N) is 1. The van der Waals surface area contributed by atoms with Crippen molar-refractivity contribution in [2.24, 2.45) is 5.10 Å². The molecule has 2 rings (SSSR count). The molecular weight excluding hydrogens is 307 g/mol. The Kier molecular flexibility index (Phi) is 5.90. The maximum absolute atomic E-state index is 6.08. The van der Waals surface area contributed by atoms with Gasteiger partial charge in [0.15, 0.2) is 0 Å². The Bertz CT molecular complexity index is 592. The summed E-state index contributed by atoms with van der Waals surface area (Å²) in [5.74, 6) is 0.852. The highest BCUT2D eigenvalue weighted by atomic mass is 35.5. The lowest BCUT2D eigenvalue weighted by molar-refractivity contribution is 0.340. The highest BCUT2D eigenvalue weighted by Crippen LogP contribution is 2.23. The molecule has 0 atom stereocenters. The molecule has 0 aliphatic heterocycles.